The number of ether oxygens (including phenoxy) is 3. The molecule has 0 aromatic rings. The van der Waals surface area contributed by atoms with Crippen molar-refractivity contribution < 1.29 is 39.7 Å². The molecule has 9 nitrogen and oxygen atoms in total. The lowest BCUT2D eigenvalue weighted by Gasteiger charge is -2.70. The maximum atomic E-state index is 12.5. The molecule has 33 heavy (non-hydrogen) atoms. The van der Waals surface area contributed by atoms with Crippen molar-refractivity contribution in [3.8, 4) is 0 Å². The number of likely N-dealkylation sites (tertiary alicyclic amines) is 1. The van der Waals surface area contributed by atoms with Crippen molar-refractivity contribution in [1.82, 2.24) is 4.90 Å². The summed E-state index contributed by atoms with van der Waals surface area (Å²) in [5.41, 5.74) is -4.44. The van der Waals surface area contributed by atoms with Crippen molar-refractivity contribution in [3.05, 3.63) is 0 Å². The summed E-state index contributed by atoms with van der Waals surface area (Å²) in [6.07, 6.45) is -3.78. The Morgan fingerprint density at radius 1 is 0.970 bits per heavy atom. The smallest absolute Gasteiger partial charge is 0.120 e. The lowest BCUT2D eigenvalue weighted by atomic mass is 9.42. The number of rotatable bonds is 4. The summed E-state index contributed by atoms with van der Waals surface area (Å²) in [6, 6.07) is -0.198. The summed E-state index contributed by atoms with van der Waals surface area (Å²) >= 11 is 0. The molecule has 15 atom stereocenters. The summed E-state index contributed by atoms with van der Waals surface area (Å²) in [6.45, 7) is 2.75. The van der Waals surface area contributed by atoms with E-state index in [2.05, 4.69) is 11.8 Å². The van der Waals surface area contributed by atoms with Crippen LogP contribution in [0.3, 0.4) is 0 Å². The van der Waals surface area contributed by atoms with Crippen molar-refractivity contribution in [2.24, 2.45) is 34.5 Å². The highest BCUT2D eigenvalue weighted by molar-refractivity contribution is 5.39. The fourth-order valence-corrected chi connectivity index (χ4v) is 11.0. The van der Waals surface area contributed by atoms with Gasteiger partial charge < -0.3 is 44.6 Å². The fourth-order valence-electron chi connectivity index (χ4n) is 11.0. The van der Waals surface area contributed by atoms with Crippen molar-refractivity contribution in [2.45, 2.75) is 80.1 Å². The number of methoxy groups -OCH3 is 3. The Kier molecular flexibility index (Phi) is 4.67. The zero-order valence-electron chi connectivity index (χ0n) is 20.1. The van der Waals surface area contributed by atoms with E-state index >= 15 is 0 Å². The topological polar surface area (TPSA) is 132 Å². The summed E-state index contributed by atoms with van der Waals surface area (Å²) in [7, 11) is 6.72. The highest BCUT2D eigenvalue weighted by Gasteiger charge is 2.90. The Hall–Kier alpha value is -0.360. The molecular formula is C24H39NO8. The molecule has 0 aromatic carbocycles. The van der Waals surface area contributed by atoms with Gasteiger partial charge in [0.15, 0.2) is 0 Å². The minimum absolute atomic E-state index is 0.151. The predicted molar refractivity (Wildman–Crippen MR) is 115 cm³/mol. The monoisotopic (exact) mass is 469 g/mol. The van der Waals surface area contributed by atoms with Gasteiger partial charge in [0.25, 0.3) is 0 Å². The second-order valence-corrected chi connectivity index (χ2v) is 11.9. The maximum Gasteiger partial charge on any atom is 0.120 e. The highest BCUT2D eigenvalue weighted by atomic mass is 16.5. The third-order valence-electron chi connectivity index (χ3n) is 11.6. The number of piperidine rings is 1. The fraction of sp³-hybridized carbons (Fsp3) is 1.00. The molecule has 6 fully saturated rings. The van der Waals surface area contributed by atoms with Crippen LogP contribution in [0.1, 0.15) is 26.2 Å². The number of nitrogens with zero attached hydrogens (tertiary/aromatic N) is 1. The number of fused-ring (bicyclic) bond motifs is 2. The molecule has 0 aromatic heterocycles. The van der Waals surface area contributed by atoms with Crippen LogP contribution in [0.2, 0.25) is 0 Å². The van der Waals surface area contributed by atoms with E-state index in [4.69, 9.17) is 14.2 Å². The first kappa shape index (κ1) is 23.1. The summed E-state index contributed by atoms with van der Waals surface area (Å²) in [5.74, 6) is -1.78. The van der Waals surface area contributed by atoms with Gasteiger partial charge in [0.2, 0.25) is 0 Å². The van der Waals surface area contributed by atoms with E-state index in [1.807, 2.05) is 7.05 Å². The molecule has 5 aliphatic carbocycles. The Bertz CT molecular complexity index is 845. The van der Waals surface area contributed by atoms with Crippen LogP contribution in [0.15, 0.2) is 0 Å². The van der Waals surface area contributed by atoms with Gasteiger partial charge >= 0.3 is 0 Å². The molecule has 188 valence electrons. The van der Waals surface area contributed by atoms with E-state index in [1.54, 1.807) is 14.2 Å². The largest absolute Gasteiger partial charge is 0.392 e. The van der Waals surface area contributed by atoms with Crippen LogP contribution in [0.25, 0.3) is 0 Å². The standard InChI is InChI=1S/C24H39NO8/c1-6-21-9-25(2)17-14-15(32-4)16(21)23(17,12(31-3)7-11(21)26)10-8-22(29)18(27)13(10)24(14,30)19(28)20(22)33-5/h10-20,26-30H,6-9H2,1-5H3/t10-,11-,12+,13-,14?,15+,16-,17-,18-,19+,20+,21-,22-,23+,24-/m1/s1. The van der Waals surface area contributed by atoms with Crippen LogP contribution >= 0.6 is 0 Å². The van der Waals surface area contributed by atoms with Gasteiger partial charge in [-0.15, -0.1) is 0 Å². The molecule has 9 heteroatoms. The third kappa shape index (κ3) is 2.04. The van der Waals surface area contributed by atoms with Crippen molar-refractivity contribution in [3.63, 3.8) is 0 Å². The third-order valence-corrected chi connectivity index (χ3v) is 11.6. The quantitative estimate of drug-likeness (QED) is 0.337. The lowest BCUT2D eigenvalue weighted by Crippen LogP contribution is -2.80. The molecule has 5 N–H and O–H groups in total. The minimum Gasteiger partial charge on any atom is -0.392 e. The van der Waals surface area contributed by atoms with Gasteiger partial charge in [-0.1, -0.05) is 6.92 Å². The predicted octanol–water partition coefficient (Wildman–Crippen LogP) is -1.41. The van der Waals surface area contributed by atoms with Gasteiger partial charge in [0.05, 0.1) is 24.4 Å². The lowest BCUT2D eigenvalue weighted by molar-refractivity contribution is -0.317. The van der Waals surface area contributed by atoms with E-state index in [1.165, 1.54) is 7.11 Å². The van der Waals surface area contributed by atoms with E-state index < -0.39 is 64.4 Å². The summed E-state index contributed by atoms with van der Waals surface area (Å²) in [4.78, 5) is 2.23. The maximum absolute atomic E-state index is 12.5. The Labute approximate surface area is 194 Å². The van der Waals surface area contributed by atoms with Gasteiger partial charge in [0.1, 0.15) is 23.4 Å². The van der Waals surface area contributed by atoms with Crippen LogP contribution in [0, 0.1) is 34.5 Å². The van der Waals surface area contributed by atoms with Crippen molar-refractivity contribution >= 4 is 0 Å². The zero-order chi connectivity index (χ0) is 23.9. The Morgan fingerprint density at radius 2 is 1.67 bits per heavy atom. The second kappa shape index (κ2) is 6.69. The van der Waals surface area contributed by atoms with Crippen LogP contribution in [-0.2, 0) is 14.2 Å². The van der Waals surface area contributed by atoms with Crippen LogP contribution in [-0.4, -0.2) is 119 Å². The van der Waals surface area contributed by atoms with Crippen molar-refractivity contribution in [2.75, 3.05) is 34.9 Å². The van der Waals surface area contributed by atoms with E-state index in [9.17, 15) is 25.5 Å². The SMILES string of the molecule is CC[C@]12CN(C)[C@@H]3C4[C@H](OC)[C@H]1[C@@]3([C@@H](OC)C[C@H]2O)[C@@H]1C[C@@]2(O)[C@H](O)[C@@H]1[C@]4(O)[C@@H](O)[C@@H]2OC. The van der Waals surface area contributed by atoms with Gasteiger partial charge in [-0.25, -0.2) is 0 Å². The van der Waals surface area contributed by atoms with Gasteiger partial charge in [-0.3, -0.25) is 0 Å². The average molecular weight is 470 g/mol. The van der Waals surface area contributed by atoms with E-state index in [0.29, 0.717) is 13.0 Å². The van der Waals surface area contributed by atoms with Gasteiger partial charge in [-0.2, -0.15) is 0 Å². The molecule has 1 spiro atoms. The molecule has 6 aliphatic rings. The molecule has 7 bridgehead atoms. The van der Waals surface area contributed by atoms with Crippen LogP contribution in [0.4, 0.5) is 0 Å². The summed E-state index contributed by atoms with van der Waals surface area (Å²) in [5, 5.41) is 58.8. The minimum atomic E-state index is -1.72. The van der Waals surface area contributed by atoms with E-state index in [0.717, 1.165) is 6.42 Å². The average Bonchev–Trinajstić information content (AvgIpc) is 3.16. The zero-order valence-corrected chi connectivity index (χ0v) is 20.1. The van der Waals surface area contributed by atoms with E-state index in [-0.39, 0.29) is 30.4 Å². The summed E-state index contributed by atoms with van der Waals surface area (Å²) < 4.78 is 17.9. The van der Waals surface area contributed by atoms with Crippen LogP contribution in [0.5, 0.6) is 0 Å². The number of hydrogen-bond donors (Lipinski definition) is 5. The molecule has 0 radical (unpaired) electrons. The molecule has 0 amide bonds. The van der Waals surface area contributed by atoms with Gasteiger partial charge in [0, 0.05) is 68.9 Å². The molecule has 1 aliphatic heterocycles. The van der Waals surface area contributed by atoms with Gasteiger partial charge in [-0.05, 0) is 25.8 Å². The highest BCUT2D eigenvalue weighted by Crippen LogP contribution is 2.80. The normalized spacial score (nSPS) is 65.5. The van der Waals surface area contributed by atoms with Crippen molar-refractivity contribution in [1.29, 1.82) is 0 Å². The molecule has 6 rings (SSSR count). The first-order valence-electron chi connectivity index (χ1n) is 12.3. The first-order valence-corrected chi connectivity index (χ1v) is 12.3. The molecule has 1 saturated heterocycles. The molecular weight excluding hydrogens is 430 g/mol. The number of hydrogen-bond acceptors (Lipinski definition) is 9. The Morgan fingerprint density at radius 3 is 2.24 bits per heavy atom. The Balaban J connectivity index is 1.68. The molecule has 1 heterocycles. The first-order chi connectivity index (χ1) is 15.6. The second-order valence-electron chi connectivity index (χ2n) is 11.9. The molecule has 1 unspecified atom stereocenters. The van der Waals surface area contributed by atoms with Crippen LogP contribution < -0.4 is 0 Å². The number of aliphatic hydroxyl groups excluding tert-OH is 3. The number of aliphatic hydroxyl groups is 5. The molecule has 5 saturated carbocycles.